The Morgan fingerprint density at radius 3 is 2.94 bits per heavy atom. The van der Waals surface area contributed by atoms with Gasteiger partial charge in [0.05, 0.1) is 19.8 Å². The molecule has 0 aliphatic carbocycles. The number of nitrogens with two attached hydrogens (primary N) is 1. The molecule has 1 heterocycles. The number of benzene rings is 1. The molecular weight excluding hydrogens is 216 g/mol. The summed E-state index contributed by atoms with van der Waals surface area (Å²) in [5.74, 6) is 0. The lowest BCUT2D eigenvalue weighted by Crippen LogP contribution is -2.31. The van der Waals surface area contributed by atoms with Gasteiger partial charge in [0.1, 0.15) is 0 Å². The number of rotatable bonds is 6. The van der Waals surface area contributed by atoms with E-state index in [1.54, 1.807) is 0 Å². The lowest BCUT2D eigenvalue weighted by Gasteiger charge is -2.23. The summed E-state index contributed by atoms with van der Waals surface area (Å²) < 4.78 is 5.30. The molecule has 0 saturated carbocycles. The van der Waals surface area contributed by atoms with Crippen LogP contribution in [-0.2, 0) is 11.3 Å². The molecule has 1 aromatic rings. The molecule has 1 atom stereocenters. The zero-order valence-corrected chi connectivity index (χ0v) is 10.0. The van der Waals surface area contributed by atoms with Crippen molar-refractivity contribution in [2.45, 2.75) is 12.6 Å². The fourth-order valence-corrected chi connectivity index (χ4v) is 2.39. The molecule has 0 radical (unpaired) electrons. The van der Waals surface area contributed by atoms with E-state index in [-0.39, 0.29) is 6.61 Å². The summed E-state index contributed by atoms with van der Waals surface area (Å²) in [4.78, 5) is 2.34. The van der Waals surface area contributed by atoms with E-state index in [0.717, 1.165) is 13.1 Å². The van der Waals surface area contributed by atoms with E-state index in [1.807, 2.05) is 0 Å². The molecule has 4 heteroatoms. The van der Waals surface area contributed by atoms with Crippen molar-refractivity contribution in [1.29, 1.82) is 0 Å². The monoisotopic (exact) mass is 236 g/mol. The fourth-order valence-electron chi connectivity index (χ4n) is 2.39. The molecule has 0 saturated heterocycles. The van der Waals surface area contributed by atoms with Gasteiger partial charge in [0.25, 0.3) is 0 Å². The lowest BCUT2D eigenvalue weighted by atomic mass is 10.1. The second-order valence-electron chi connectivity index (χ2n) is 4.26. The van der Waals surface area contributed by atoms with Crippen LogP contribution in [0.2, 0.25) is 0 Å². The molecule has 4 nitrogen and oxygen atoms in total. The van der Waals surface area contributed by atoms with E-state index < -0.39 is 0 Å². The molecule has 1 unspecified atom stereocenters. The van der Waals surface area contributed by atoms with E-state index in [1.165, 1.54) is 11.1 Å². The molecule has 1 aliphatic heterocycles. The highest BCUT2D eigenvalue weighted by Crippen LogP contribution is 2.32. The number of aliphatic hydroxyl groups excluding tert-OH is 1. The van der Waals surface area contributed by atoms with Crippen LogP contribution in [0.25, 0.3) is 0 Å². The van der Waals surface area contributed by atoms with Crippen molar-refractivity contribution in [3.63, 3.8) is 0 Å². The number of fused-ring (bicyclic) bond motifs is 1. The summed E-state index contributed by atoms with van der Waals surface area (Å²) in [6.45, 7) is 3.58. The van der Waals surface area contributed by atoms with Crippen LogP contribution in [0.4, 0.5) is 0 Å². The van der Waals surface area contributed by atoms with Crippen LogP contribution < -0.4 is 5.73 Å². The molecule has 17 heavy (non-hydrogen) atoms. The normalized spacial score (nSPS) is 19.5. The Morgan fingerprint density at radius 1 is 1.35 bits per heavy atom. The lowest BCUT2D eigenvalue weighted by molar-refractivity contribution is 0.0657. The predicted molar refractivity (Wildman–Crippen MR) is 66.6 cm³/mol. The van der Waals surface area contributed by atoms with E-state index in [2.05, 4.69) is 29.2 Å². The van der Waals surface area contributed by atoms with Gasteiger partial charge in [-0.25, -0.2) is 0 Å². The van der Waals surface area contributed by atoms with E-state index >= 15 is 0 Å². The van der Waals surface area contributed by atoms with Gasteiger partial charge in [-0.3, -0.25) is 4.90 Å². The molecule has 94 valence electrons. The van der Waals surface area contributed by atoms with Crippen LogP contribution in [-0.4, -0.2) is 42.9 Å². The minimum atomic E-state index is 0.0839. The van der Waals surface area contributed by atoms with Crippen molar-refractivity contribution in [3.8, 4) is 0 Å². The zero-order valence-electron chi connectivity index (χ0n) is 10.0. The molecule has 3 N–H and O–H groups in total. The van der Waals surface area contributed by atoms with Gasteiger partial charge in [0.15, 0.2) is 0 Å². The van der Waals surface area contributed by atoms with Gasteiger partial charge in [0.2, 0.25) is 0 Å². The second kappa shape index (κ2) is 6.12. The molecule has 0 amide bonds. The van der Waals surface area contributed by atoms with Crippen LogP contribution in [0, 0.1) is 0 Å². The van der Waals surface area contributed by atoms with E-state index in [0.29, 0.717) is 25.8 Å². The summed E-state index contributed by atoms with van der Waals surface area (Å²) in [5, 5.41) is 8.64. The first-order chi connectivity index (χ1) is 8.36. The minimum absolute atomic E-state index is 0.0839. The summed E-state index contributed by atoms with van der Waals surface area (Å²) in [5.41, 5.74) is 8.56. The third-order valence-electron chi connectivity index (χ3n) is 3.21. The fraction of sp³-hybridized carbons (Fsp3) is 0.538. The highest BCUT2D eigenvalue weighted by atomic mass is 16.5. The third-order valence-corrected chi connectivity index (χ3v) is 3.21. The van der Waals surface area contributed by atoms with Crippen LogP contribution >= 0.6 is 0 Å². The van der Waals surface area contributed by atoms with Crippen molar-refractivity contribution < 1.29 is 9.84 Å². The average Bonchev–Trinajstić information content (AvgIpc) is 2.72. The molecule has 0 bridgehead atoms. The van der Waals surface area contributed by atoms with Gasteiger partial charge >= 0.3 is 0 Å². The highest BCUT2D eigenvalue weighted by Gasteiger charge is 2.27. The maximum atomic E-state index is 8.64. The molecule has 0 aromatic heterocycles. The SMILES string of the molecule is NCC1c2ccccc2CN1CCOCCO. The third kappa shape index (κ3) is 2.84. The second-order valence-corrected chi connectivity index (χ2v) is 4.26. The Hall–Kier alpha value is -0.940. The first kappa shape index (κ1) is 12.5. The zero-order chi connectivity index (χ0) is 12.1. The van der Waals surface area contributed by atoms with Crippen molar-refractivity contribution in [2.75, 3.05) is 32.9 Å². The highest BCUT2D eigenvalue weighted by molar-refractivity contribution is 5.34. The Balaban J connectivity index is 1.93. The van der Waals surface area contributed by atoms with Gasteiger partial charge in [0, 0.05) is 25.7 Å². The smallest absolute Gasteiger partial charge is 0.0698 e. The van der Waals surface area contributed by atoms with Crippen LogP contribution in [0.5, 0.6) is 0 Å². The Morgan fingerprint density at radius 2 is 2.18 bits per heavy atom. The number of aliphatic hydroxyl groups is 1. The molecule has 0 spiro atoms. The summed E-state index contributed by atoms with van der Waals surface area (Å²) in [6, 6.07) is 8.75. The van der Waals surface area contributed by atoms with Gasteiger partial charge in [-0.2, -0.15) is 0 Å². The molecular formula is C13H20N2O2. The average molecular weight is 236 g/mol. The van der Waals surface area contributed by atoms with Crippen molar-refractivity contribution in [1.82, 2.24) is 4.90 Å². The number of ether oxygens (including phenoxy) is 1. The quantitative estimate of drug-likeness (QED) is 0.707. The molecule has 1 aromatic carbocycles. The van der Waals surface area contributed by atoms with Gasteiger partial charge in [-0.05, 0) is 11.1 Å². The largest absolute Gasteiger partial charge is 0.394 e. The maximum absolute atomic E-state index is 8.64. The van der Waals surface area contributed by atoms with Gasteiger partial charge in [-0.1, -0.05) is 24.3 Å². The predicted octanol–water partition coefficient (Wildman–Crippen LogP) is 0.511. The topological polar surface area (TPSA) is 58.7 Å². The summed E-state index contributed by atoms with van der Waals surface area (Å²) in [7, 11) is 0. The Kier molecular flexibility index (Phi) is 4.50. The van der Waals surface area contributed by atoms with Crippen LogP contribution in [0.1, 0.15) is 17.2 Å². The molecule has 0 fully saturated rings. The number of hydrogen-bond acceptors (Lipinski definition) is 4. The molecule has 2 rings (SSSR count). The summed E-state index contributed by atoms with van der Waals surface area (Å²) >= 11 is 0. The van der Waals surface area contributed by atoms with E-state index in [4.69, 9.17) is 15.6 Å². The minimum Gasteiger partial charge on any atom is -0.394 e. The van der Waals surface area contributed by atoms with Gasteiger partial charge < -0.3 is 15.6 Å². The van der Waals surface area contributed by atoms with Crippen molar-refractivity contribution in [3.05, 3.63) is 35.4 Å². The van der Waals surface area contributed by atoms with Crippen LogP contribution in [0.3, 0.4) is 0 Å². The Labute approximate surface area is 102 Å². The first-order valence-corrected chi connectivity index (χ1v) is 6.07. The molecule has 1 aliphatic rings. The van der Waals surface area contributed by atoms with Crippen molar-refractivity contribution in [2.24, 2.45) is 5.73 Å². The summed E-state index contributed by atoms with van der Waals surface area (Å²) in [6.07, 6.45) is 0. The van der Waals surface area contributed by atoms with Crippen LogP contribution in [0.15, 0.2) is 24.3 Å². The van der Waals surface area contributed by atoms with E-state index in [9.17, 15) is 0 Å². The number of nitrogens with zero attached hydrogens (tertiary/aromatic N) is 1. The van der Waals surface area contributed by atoms with Crippen molar-refractivity contribution >= 4 is 0 Å². The maximum Gasteiger partial charge on any atom is 0.0698 e. The number of hydrogen-bond donors (Lipinski definition) is 2. The van der Waals surface area contributed by atoms with Gasteiger partial charge in [-0.15, -0.1) is 0 Å². The Bertz CT molecular complexity index is 357. The first-order valence-electron chi connectivity index (χ1n) is 6.07. The standard InChI is InChI=1S/C13H20N2O2/c14-9-13-12-4-2-1-3-11(12)10-15(13)5-7-17-8-6-16/h1-4,13,16H,5-10,14H2.